The zero-order valence-corrected chi connectivity index (χ0v) is 15.0. The molecule has 0 unspecified atom stereocenters. The Hall–Kier alpha value is -3.60. The first-order valence-electron chi connectivity index (χ1n) is 7.60. The Balaban J connectivity index is 1.82. The monoisotopic (exact) mass is 388 g/mol. The molecule has 0 saturated carbocycles. The van der Waals surface area contributed by atoms with E-state index in [1.165, 1.54) is 36.1 Å². The summed E-state index contributed by atoms with van der Waals surface area (Å²) in [6.07, 6.45) is 0. The fourth-order valence-electron chi connectivity index (χ4n) is 2.30. The van der Waals surface area contributed by atoms with E-state index in [2.05, 4.69) is 15.0 Å². The predicted molar refractivity (Wildman–Crippen MR) is 98.1 cm³/mol. The number of nitrogens with two attached hydrogens (primary N) is 2. The van der Waals surface area contributed by atoms with Crippen LogP contribution in [0.15, 0.2) is 53.4 Å². The molecule has 0 spiro atoms. The molecule has 1 amide bonds. The van der Waals surface area contributed by atoms with Crippen molar-refractivity contribution in [1.82, 2.24) is 15.0 Å². The van der Waals surface area contributed by atoms with Gasteiger partial charge in [-0.15, -0.1) is 5.10 Å². The van der Waals surface area contributed by atoms with Crippen molar-refractivity contribution in [3.63, 3.8) is 0 Å². The molecule has 11 heteroatoms. The van der Waals surface area contributed by atoms with Crippen molar-refractivity contribution in [3.05, 3.63) is 54.2 Å². The topological polar surface area (TPSA) is 155 Å². The Labute approximate surface area is 154 Å². The van der Waals surface area contributed by atoms with Crippen molar-refractivity contribution in [2.24, 2.45) is 5.73 Å². The van der Waals surface area contributed by atoms with E-state index in [1.54, 1.807) is 24.3 Å². The number of ether oxygens (including phenoxy) is 1. The molecule has 2 aromatic carbocycles. The molecule has 0 saturated heterocycles. The Kier molecular flexibility index (Phi) is 4.69. The van der Waals surface area contributed by atoms with Crippen LogP contribution in [0.5, 0.6) is 5.75 Å². The van der Waals surface area contributed by atoms with Crippen LogP contribution in [0.1, 0.15) is 10.5 Å². The van der Waals surface area contributed by atoms with Crippen LogP contribution in [0.3, 0.4) is 0 Å². The summed E-state index contributed by atoms with van der Waals surface area (Å²) in [6, 6.07) is 12.2. The average molecular weight is 388 g/mol. The summed E-state index contributed by atoms with van der Waals surface area (Å²) in [5, 5.41) is 7.38. The van der Waals surface area contributed by atoms with E-state index in [1.807, 2.05) is 0 Å². The number of nitrogen functional groups attached to an aromatic ring is 1. The van der Waals surface area contributed by atoms with Gasteiger partial charge in [-0.1, -0.05) is 5.21 Å². The highest BCUT2D eigenvalue weighted by molar-refractivity contribution is 7.92. The van der Waals surface area contributed by atoms with Gasteiger partial charge in [0.15, 0.2) is 11.5 Å². The molecule has 0 radical (unpaired) electrons. The number of aromatic nitrogens is 3. The molecular weight excluding hydrogens is 372 g/mol. The molecule has 0 aliphatic heterocycles. The molecule has 0 bridgehead atoms. The van der Waals surface area contributed by atoms with E-state index in [4.69, 9.17) is 16.2 Å². The standard InChI is InChI=1S/C16H16N6O4S/c1-26-12-6-8-13(9-7-12)27(24,25)20-10-2-4-11(5-3-10)22-15(17)14(16(18)23)19-21-22/h2-9,20H,17H2,1H3,(H2,18,23). The quantitative estimate of drug-likeness (QED) is 0.563. The number of methoxy groups -OCH3 is 1. The maximum atomic E-state index is 12.4. The summed E-state index contributed by atoms with van der Waals surface area (Å²) in [5.74, 6) is -0.240. The third kappa shape index (κ3) is 3.67. The lowest BCUT2D eigenvalue weighted by Gasteiger charge is -2.10. The molecule has 1 heterocycles. The largest absolute Gasteiger partial charge is 0.497 e. The number of primary amides is 1. The van der Waals surface area contributed by atoms with Gasteiger partial charge in [-0.25, -0.2) is 8.42 Å². The Bertz CT molecular complexity index is 1080. The zero-order valence-electron chi connectivity index (χ0n) is 14.2. The first-order chi connectivity index (χ1) is 12.8. The van der Waals surface area contributed by atoms with Crippen molar-refractivity contribution in [2.75, 3.05) is 17.6 Å². The van der Waals surface area contributed by atoms with Crippen molar-refractivity contribution < 1.29 is 17.9 Å². The van der Waals surface area contributed by atoms with Gasteiger partial charge < -0.3 is 16.2 Å². The maximum absolute atomic E-state index is 12.4. The Morgan fingerprint density at radius 2 is 1.74 bits per heavy atom. The van der Waals surface area contributed by atoms with E-state index < -0.39 is 15.9 Å². The normalized spacial score (nSPS) is 11.1. The summed E-state index contributed by atoms with van der Waals surface area (Å²) >= 11 is 0. The van der Waals surface area contributed by atoms with Crippen LogP contribution in [0.4, 0.5) is 11.5 Å². The van der Waals surface area contributed by atoms with Crippen LogP contribution in [-0.4, -0.2) is 36.4 Å². The lowest BCUT2D eigenvalue weighted by molar-refractivity contribution is 0.0996. The van der Waals surface area contributed by atoms with Gasteiger partial charge in [-0.2, -0.15) is 4.68 Å². The van der Waals surface area contributed by atoms with Gasteiger partial charge in [0.05, 0.1) is 17.7 Å². The van der Waals surface area contributed by atoms with Crippen LogP contribution in [0, 0.1) is 0 Å². The molecular formula is C16H16N6O4S. The van der Waals surface area contributed by atoms with Crippen molar-refractivity contribution in [2.45, 2.75) is 4.90 Å². The van der Waals surface area contributed by atoms with Crippen molar-refractivity contribution >= 4 is 27.4 Å². The molecule has 1 aromatic heterocycles. The minimum atomic E-state index is -3.76. The molecule has 3 rings (SSSR count). The fourth-order valence-corrected chi connectivity index (χ4v) is 3.35. The van der Waals surface area contributed by atoms with Crippen molar-refractivity contribution in [1.29, 1.82) is 0 Å². The Morgan fingerprint density at radius 3 is 2.26 bits per heavy atom. The number of sulfonamides is 1. The van der Waals surface area contributed by atoms with Crippen LogP contribution >= 0.6 is 0 Å². The molecule has 0 aliphatic rings. The highest BCUT2D eigenvalue weighted by Crippen LogP contribution is 2.21. The molecule has 10 nitrogen and oxygen atoms in total. The minimum absolute atomic E-state index is 0.00550. The summed E-state index contributed by atoms with van der Waals surface area (Å²) in [7, 11) is -2.26. The molecule has 0 aliphatic carbocycles. The van der Waals surface area contributed by atoms with Gasteiger partial charge in [-0.05, 0) is 48.5 Å². The Morgan fingerprint density at radius 1 is 1.11 bits per heavy atom. The first kappa shape index (κ1) is 18.2. The summed E-state index contributed by atoms with van der Waals surface area (Å²) < 4.78 is 33.6. The van der Waals surface area contributed by atoms with Gasteiger partial charge in [0.2, 0.25) is 0 Å². The maximum Gasteiger partial charge on any atom is 0.273 e. The minimum Gasteiger partial charge on any atom is -0.497 e. The van der Waals surface area contributed by atoms with Gasteiger partial charge in [0.1, 0.15) is 5.75 Å². The number of rotatable bonds is 6. The second kappa shape index (κ2) is 6.96. The molecule has 3 aromatic rings. The predicted octanol–water partition coefficient (Wildman–Crippen LogP) is 0.758. The van der Waals surface area contributed by atoms with E-state index in [-0.39, 0.29) is 16.4 Å². The molecule has 27 heavy (non-hydrogen) atoms. The highest BCUT2D eigenvalue weighted by Gasteiger charge is 2.17. The zero-order chi connectivity index (χ0) is 19.6. The SMILES string of the molecule is COc1ccc(S(=O)(=O)Nc2ccc(-n3nnc(C(N)=O)c3N)cc2)cc1. The smallest absolute Gasteiger partial charge is 0.273 e. The number of benzene rings is 2. The molecule has 140 valence electrons. The van der Waals surface area contributed by atoms with E-state index in [0.29, 0.717) is 17.1 Å². The summed E-state index contributed by atoms with van der Waals surface area (Å²) in [4.78, 5) is 11.3. The third-order valence-electron chi connectivity index (χ3n) is 3.67. The van der Waals surface area contributed by atoms with Gasteiger partial charge >= 0.3 is 0 Å². The van der Waals surface area contributed by atoms with E-state index >= 15 is 0 Å². The number of carbonyl (C=O) groups excluding carboxylic acids is 1. The number of hydrogen-bond donors (Lipinski definition) is 3. The van der Waals surface area contributed by atoms with Gasteiger partial charge in [0.25, 0.3) is 15.9 Å². The lowest BCUT2D eigenvalue weighted by atomic mass is 10.3. The number of anilines is 2. The summed E-state index contributed by atoms with van der Waals surface area (Å²) in [5.41, 5.74) is 11.6. The number of hydrogen-bond acceptors (Lipinski definition) is 7. The highest BCUT2D eigenvalue weighted by atomic mass is 32.2. The van der Waals surface area contributed by atoms with Gasteiger partial charge in [0, 0.05) is 5.69 Å². The number of carbonyl (C=O) groups is 1. The third-order valence-corrected chi connectivity index (χ3v) is 5.07. The molecule has 0 atom stereocenters. The van der Waals surface area contributed by atoms with E-state index in [0.717, 1.165) is 0 Å². The lowest BCUT2D eigenvalue weighted by Crippen LogP contribution is -2.14. The van der Waals surface area contributed by atoms with Crippen LogP contribution in [0.25, 0.3) is 5.69 Å². The van der Waals surface area contributed by atoms with Crippen LogP contribution in [0.2, 0.25) is 0 Å². The van der Waals surface area contributed by atoms with Crippen LogP contribution < -0.4 is 20.9 Å². The molecule has 5 N–H and O–H groups in total. The van der Waals surface area contributed by atoms with Crippen molar-refractivity contribution in [3.8, 4) is 11.4 Å². The van der Waals surface area contributed by atoms with E-state index in [9.17, 15) is 13.2 Å². The summed E-state index contributed by atoms with van der Waals surface area (Å²) in [6.45, 7) is 0. The molecule has 0 fully saturated rings. The number of nitrogens with one attached hydrogen (secondary N) is 1. The second-order valence-electron chi connectivity index (χ2n) is 5.43. The fraction of sp³-hybridized carbons (Fsp3) is 0.0625. The first-order valence-corrected chi connectivity index (χ1v) is 9.08. The number of nitrogens with zero attached hydrogens (tertiary/aromatic N) is 3. The number of amides is 1. The van der Waals surface area contributed by atoms with Crippen LogP contribution in [-0.2, 0) is 10.0 Å². The second-order valence-corrected chi connectivity index (χ2v) is 7.11. The van der Waals surface area contributed by atoms with Gasteiger partial charge in [-0.3, -0.25) is 9.52 Å². The average Bonchev–Trinajstić information content (AvgIpc) is 3.04.